The highest BCUT2D eigenvalue weighted by Crippen LogP contribution is 2.26. The van der Waals surface area contributed by atoms with Crippen LogP contribution in [0.5, 0.6) is 0 Å². The summed E-state index contributed by atoms with van der Waals surface area (Å²) in [5.41, 5.74) is 2.68. The van der Waals surface area contributed by atoms with Crippen molar-refractivity contribution in [1.82, 2.24) is 15.5 Å². The van der Waals surface area contributed by atoms with Gasteiger partial charge in [0.15, 0.2) is 0 Å². The number of nitrogens with one attached hydrogen (secondary N) is 2. The van der Waals surface area contributed by atoms with Crippen LogP contribution in [0.2, 0.25) is 0 Å². The molecule has 2 aromatic carbocycles. The normalized spacial score (nSPS) is 12.6. The molecule has 0 aliphatic heterocycles. The summed E-state index contributed by atoms with van der Waals surface area (Å²) in [6.45, 7) is 11.1. The number of amides is 3. The number of carbonyl (C=O) groups excluding carboxylic acids is 4. The van der Waals surface area contributed by atoms with Crippen molar-refractivity contribution in [2.75, 3.05) is 20.2 Å². The highest BCUT2D eigenvalue weighted by atomic mass is 16.6. The van der Waals surface area contributed by atoms with Gasteiger partial charge in [0.1, 0.15) is 24.2 Å². The molecule has 2 unspecified atom stereocenters. The van der Waals surface area contributed by atoms with Gasteiger partial charge in [-0.25, -0.2) is 4.79 Å². The molecule has 0 aromatic heterocycles. The first-order chi connectivity index (χ1) is 18.9. The molecule has 0 aliphatic carbocycles. The molecule has 2 N–H and O–H groups in total. The Labute approximate surface area is 237 Å². The summed E-state index contributed by atoms with van der Waals surface area (Å²) in [4.78, 5) is 54.1. The number of hydrogen-bond donors (Lipinski definition) is 2. The second-order valence-electron chi connectivity index (χ2n) is 10.8. The number of rotatable bonds is 12. The van der Waals surface area contributed by atoms with Gasteiger partial charge in [0, 0.05) is 13.0 Å². The molecule has 0 aliphatic rings. The molecule has 0 heterocycles. The first-order valence-corrected chi connectivity index (χ1v) is 13.6. The molecule has 2 aromatic rings. The van der Waals surface area contributed by atoms with Crippen molar-refractivity contribution in [3.05, 3.63) is 70.8 Å². The van der Waals surface area contributed by atoms with Crippen LogP contribution in [0, 0.1) is 13.8 Å². The zero-order chi connectivity index (χ0) is 29.9. The van der Waals surface area contributed by atoms with E-state index >= 15 is 0 Å². The Bertz CT molecular complexity index is 1160. The molecule has 2 rings (SSSR count). The molecule has 0 radical (unpaired) electrons. The van der Waals surface area contributed by atoms with Crippen molar-refractivity contribution in [1.29, 1.82) is 0 Å². The molecule has 9 nitrogen and oxygen atoms in total. The predicted octanol–water partition coefficient (Wildman–Crippen LogP) is 4.40. The average molecular weight is 554 g/mol. The fraction of sp³-hybridized carbons (Fsp3) is 0.484. The number of ether oxygens (including phenoxy) is 2. The van der Waals surface area contributed by atoms with Gasteiger partial charge in [-0.1, -0.05) is 61.9 Å². The van der Waals surface area contributed by atoms with E-state index in [0.717, 1.165) is 23.1 Å². The number of nitrogens with zero attached hydrogens (tertiary/aromatic N) is 1. The third kappa shape index (κ3) is 10.0. The van der Waals surface area contributed by atoms with Gasteiger partial charge in [0.25, 0.3) is 0 Å². The number of hydrogen-bond acceptors (Lipinski definition) is 6. The lowest BCUT2D eigenvalue weighted by atomic mass is 9.97. The standard InChI is InChI=1S/C31H43N3O6/c1-8-9-17-34(27(28(36)32-20-26(35)39-7)24-16-15-21(2)22(3)18-24)29(37)25(19-23-13-11-10-12-14-23)33-30(38)40-31(4,5)6/h10-16,18,25,27H,8-9,17,19-20H2,1-7H3,(H,32,36)(H,33,38). The lowest BCUT2D eigenvalue weighted by Gasteiger charge is -2.34. The summed E-state index contributed by atoms with van der Waals surface area (Å²) in [6, 6.07) is 12.9. The molecule has 0 saturated carbocycles. The zero-order valence-corrected chi connectivity index (χ0v) is 24.7. The van der Waals surface area contributed by atoms with E-state index in [1.807, 2.05) is 69.3 Å². The molecule has 3 amide bonds. The van der Waals surface area contributed by atoms with Crippen LogP contribution >= 0.6 is 0 Å². The molecule has 0 bridgehead atoms. The largest absolute Gasteiger partial charge is 0.468 e. The van der Waals surface area contributed by atoms with Gasteiger partial charge in [0.05, 0.1) is 7.11 Å². The summed E-state index contributed by atoms with van der Waals surface area (Å²) in [6.07, 6.45) is 0.873. The van der Waals surface area contributed by atoms with E-state index in [0.29, 0.717) is 12.0 Å². The number of carbonyl (C=O) groups is 4. The van der Waals surface area contributed by atoms with Crippen molar-refractivity contribution < 1.29 is 28.7 Å². The Balaban J connectivity index is 2.56. The molecule has 0 fully saturated rings. The summed E-state index contributed by atoms with van der Waals surface area (Å²) >= 11 is 0. The van der Waals surface area contributed by atoms with Gasteiger partial charge in [-0.3, -0.25) is 14.4 Å². The summed E-state index contributed by atoms with van der Waals surface area (Å²) in [5.74, 6) is -1.55. The smallest absolute Gasteiger partial charge is 0.408 e. The summed E-state index contributed by atoms with van der Waals surface area (Å²) in [7, 11) is 1.24. The average Bonchev–Trinajstić information content (AvgIpc) is 2.90. The Morgan fingerprint density at radius 3 is 2.23 bits per heavy atom. The Kier molecular flexibility index (Phi) is 12.2. The van der Waals surface area contributed by atoms with Crippen LogP contribution in [-0.4, -0.2) is 60.6 Å². The van der Waals surface area contributed by atoms with Crippen molar-refractivity contribution in [2.24, 2.45) is 0 Å². The molecule has 0 spiro atoms. The van der Waals surface area contributed by atoms with Gasteiger partial charge < -0.3 is 25.0 Å². The number of methoxy groups -OCH3 is 1. The Morgan fingerprint density at radius 2 is 1.65 bits per heavy atom. The SMILES string of the molecule is CCCCN(C(=O)C(Cc1ccccc1)NC(=O)OC(C)(C)C)C(C(=O)NCC(=O)OC)c1ccc(C)c(C)c1. The van der Waals surface area contributed by atoms with Crippen LogP contribution in [0.15, 0.2) is 48.5 Å². The lowest BCUT2D eigenvalue weighted by molar-refractivity contribution is -0.144. The second-order valence-corrected chi connectivity index (χ2v) is 10.8. The maximum Gasteiger partial charge on any atom is 0.408 e. The minimum absolute atomic E-state index is 0.199. The Morgan fingerprint density at radius 1 is 0.975 bits per heavy atom. The second kappa shape index (κ2) is 15.1. The number of unbranched alkanes of at least 4 members (excludes halogenated alkanes) is 1. The van der Waals surface area contributed by atoms with Crippen LogP contribution in [-0.2, 0) is 30.3 Å². The monoisotopic (exact) mass is 553 g/mol. The van der Waals surface area contributed by atoms with E-state index in [2.05, 4.69) is 15.4 Å². The molecular formula is C31H43N3O6. The number of alkyl carbamates (subject to hydrolysis) is 1. The summed E-state index contributed by atoms with van der Waals surface area (Å²) in [5, 5.41) is 5.36. The van der Waals surface area contributed by atoms with Gasteiger partial charge in [-0.05, 0) is 63.3 Å². The van der Waals surface area contributed by atoms with Gasteiger partial charge in [-0.15, -0.1) is 0 Å². The predicted molar refractivity (Wildman–Crippen MR) is 154 cm³/mol. The van der Waals surface area contributed by atoms with Crippen LogP contribution in [0.1, 0.15) is 68.8 Å². The van der Waals surface area contributed by atoms with E-state index in [4.69, 9.17) is 4.74 Å². The van der Waals surface area contributed by atoms with Gasteiger partial charge >= 0.3 is 12.1 Å². The first kappa shape index (κ1) is 32.3. The van der Waals surface area contributed by atoms with Gasteiger partial charge in [0.2, 0.25) is 11.8 Å². The van der Waals surface area contributed by atoms with Crippen LogP contribution in [0.4, 0.5) is 4.79 Å². The number of aryl methyl sites for hydroxylation is 2. The maximum atomic E-state index is 14.3. The summed E-state index contributed by atoms with van der Waals surface area (Å²) < 4.78 is 10.2. The van der Waals surface area contributed by atoms with E-state index in [1.165, 1.54) is 12.0 Å². The zero-order valence-electron chi connectivity index (χ0n) is 24.7. The van der Waals surface area contributed by atoms with E-state index < -0.39 is 41.6 Å². The number of esters is 1. The van der Waals surface area contributed by atoms with E-state index in [9.17, 15) is 19.2 Å². The maximum absolute atomic E-state index is 14.3. The van der Waals surface area contributed by atoms with Crippen LogP contribution in [0.3, 0.4) is 0 Å². The minimum Gasteiger partial charge on any atom is -0.468 e. The lowest BCUT2D eigenvalue weighted by Crippen LogP contribution is -2.54. The molecule has 2 atom stereocenters. The molecule has 0 saturated heterocycles. The first-order valence-electron chi connectivity index (χ1n) is 13.6. The van der Waals surface area contributed by atoms with Crippen molar-refractivity contribution in [3.63, 3.8) is 0 Å². The fourth-order valence-corrected chi connectivity index (χ4v) is 4.13. The molecular weight excluding hydrogens is 510 g/mol. The van der Waals surface area contributed by atoms with Gasteiger partial charge in [-0.2, -0.15) is 0 Å². The van der Waals surface area contributed by atoms with E-state index in [-0.39, 0.29) is 19.5 Å². The molecule has 218 valence electrons. The molecule has 9 heteroatoms. The third-order valence-corrected chi connectivity index (χ3v) is 6.35. The topological polar surface area (TPSA) is 114 Å². The third-order valence-electron chi connectivity index (χ3n) is 6.35. The van der Waals surface area contributed by atoms with Crippen LogP contribution < -0.4 is 10.6 Å². The quantitative estimate of drug-likeness (QED) is 0.377. The molecule has 40 heavy (non-hydrogen) atoms. The van der Waals surface area contributed by atoms with Crippen LogP contribution in [0.25, 0.3) is 0 Å². The highest BCUT2D eigenvalue weighted by Gasteiger charge is 2.36. The Hall–Kier alpha value is -3.88. The fourth-order valence-electron chi connectivity index (χ4n) is 4.13. The number of benzene rings is 2. The minimum atomic E-state index is -1.04. The van der Waals surface area contributed by atoms with Crippen molar-refractivity contribution >= 4 is 23.9 Å². The van der Waals surface area contributed by atoms with E-state index in [1.54, 1.807) is 20.8 Å². The van der Waals surface area contributed by atoms with Crippen molar-refractivity contribution in [2.45, 2.75) is 78.5 Å². The van der Waals surface area contributed by atoms with Crippen molar-refractivity contribution in [3.8, 4) is 0 Å². The highest BCUT2D eigenvalue weighted by molar-refractivity contribution is 5.93.